The van der Waals surface area contributed by atoms with Gasteiger partial charge in [-0.3, -0.25) is 14.7 Å². The Bertz CT molecular complexity index is 620. The average Bonchev–Trinajstić information content (AvgIpc) is 3.09. The maximum absolute atomic E-state index is 12.5. The summed E-state index contributed by atoms with van der Waals surface area (Å²) in [4.78, 5) is 19.0. The first-order chi connectivity index (χ1) is 10.8. The Morgan fingerprint density at radius 3 is 3.09 bits per heavy atom. The van der Waals surface area contributed by atoms with E-state index in [0.717, 1.165) is 38.2 Å². The molecule has 0 aromatic carbocycles. The van der Waals surface area contributed by atoms with Gasteiger partial charge in [-0.25, -0.2) is 0 Å². The van der Waals surface area contributed by atoms with Crippen molar-refractivity contribution in [3.63, 3.8) is 0 Å². The second-order valence-electron chi connectivity index (χ2n) is 5.60. The van der Waals surface area contributed by atoms with Gasteiger partial charge in [0.2, 0.25) is 0 Å². The molecule has 22 heavy (non-hydrogen) atoms. The number of carbonyl (C=O) groups excluding carboxylic acids is 1. The fourth-order valence-corrected chi connectivity index (χ4v) is 2.86. The highest BCUT2D eigenvalue weighted by molar-refractivity contribution is 5.96. The van der Waals surface area contributed by atoms with Gasteiger partial charge in [-0.15, -0.1) is 0 Å². The van der Waals surface area contributed by atoms with Gasteiger partial charge >= 0.3 is 0 Å². The van der Waals surface area contributed by atoms with Gasteiger partial charge in [-0.2, -0.15) is 0 Å². The Hall–Kier alpha value is -2.20. The van der Waals surface area contributed by atoms with Crippen molar-refractivity contribution in [2.75, 3.05) is 19.6 Å². The molecule has 0 spiro atoms. The molecular weight excluding hydrogens is 276 g/mol. The van der Waals surface area contributed by atoms with Crippen LogP contribution in [-0.4, -0.2) is 35.3 Å². The number of pyridine rings is 1. The lowest BCUT2D eigenvalue weighted by molar-refractivity contribution is 0.0826. The van der Waals surface area contributed by atoms with Crippen molar-refractivity contribution in [3.05, 3.63) is 60.3 Å². The van der Waals surface area contributed by atoms with Crippen molar-refractivity contribution < 1.29 is 9.21 Å². The van der Waals surface area contributed by atoms with Crippen molar-refractivity contribution in [2.45, 2.75) is 12.8 Å². The molecule has 0 bridgehead atoms. The zero-order chi connectivity index (χ0) is 15.2. The van der Waals surface area contributed by atoms with E-state index in [1.165, 1.54) is 0 Å². The molecule has 2 aromatic heterocycles. The lowest BCUT2D eigenvalue weighted by Gasteiger charge is -2.30. The largest absolute Gasteiger partial charge is 0.465 e. The van der Waals surface area contributed by atoms with E-state index in [4.69, 9.17) is 4.42 Å². The van der Waals surface area contributed by atoms with Crippen LogP contribution >= 0.6 is 0 Å². The van der Waals surface area contributed by atoms with Crippen LogP contribution < -0.4 is 0 Å². The zero-order valence-corrected chi connectivity index (χ0v) is 12.5. The zero-order valence-electron chi connectivity index (χ0n) is 12.5. The van der Waals surface area contributed by atoms with Gasteiger partial charge in [0.15, 0.2) is 5.78 Å². The van der Waals surface area contributed by atoms with Gasteiger partial charge in [0, 0.05) is 25.2 Å². The van der Waals surface area contributed by atoms with Crippen molar-refractivity contribution in [1.82, 2.24) is 9.88 Å². The fourth-order valence-electron chi connectivity index (χ4n) is 2.86. The number of hydrogen-bond acceptors (Lipinski definition) is 4. The number of hydrogen-bond donors (Lipinski definition) is 0. The number of carbonyl (C=O) groups is 1. The monoisotopic (exact) mass is 296 g/mol. The Kier molecular flexibility index (Phi) is 4.81. The Morgan fingerprint density at radius 1 is 1.36 bits per heavy atom. The maximum Gasteiger partial charge on any atom is 0.185 e. The quantitative estimate of drug-likeness (QED) is 0.794. The molecule has 4 nitrogen and oxygen atoms in total. The summed E-state index contributed by atoms with van der Waals surface area (Å²) in [6.07, 6.45) is 9.42. The lowest BCUT2D eigenvalue weighted by Crippen LogP contribution is -2.38. The maximum atomic E-state index is 12.5. The van der Waals surface area contributed by atoms with Gasteiger partial charge in [0.25, 0.3) is 0 Å². The standard InChI is InChI=1S/C18H20N2O2/c21-18(17-9-1-2-10-19-17)15-6-3-11-20(14-15)12-4-7-16-8-5-13-22-16/h1-2,4-5,7-10,13,15H,3,6,11-12,14H2. The predicted molar refractivity (Wildman–Crippen MR) is 85.5 cm³/mol. The number of likely N-dealkylation sites (tertiary alicyclic amines) is 1. The van der Waals surface area contributed by atoms with Gasteiger partial charge in [0.1, 0.15) is 11.5 Å². The molecule has 1 saturated heterocycles. The molecule has 1 unspecified atom stereocenters. The van der Waals surface area contributed by atoms with Crippen molar-refractivity contribution in [1.29, 1.82) is 0 Å². The van der Waals surface area contributed by atoms with Gasteiger partial charge in [-0.1, -0.05) is 12.1 Å². The Morgan fingerprint density at radius 2 is 2.32 bits per heavy atom. The molecule has 0 radical (unpaired) electrons. The summed E-state index contributed by atoms with van der Waals surface area (Å²) in [6, 6.07) is 9.32. The molecule has 2 aromatic rings. The molecule has 4 heteroatoms. The van der Waals surface area contributed by atoms with Crippen LogP contribution in [0.15, 0.2) is 53.3 Å². The molecule has 114 valence electrons. The topological polar surface area (TPSA) is 46.3 Å². The lowest BCUT2D eigenvalue weighted by atomic mass is 9.92. The van der Waals surface area contributed by atoms with E-state index in [2.05, 4.69) is 16.0 Å². The molecule has 3 heterocycles. The highest BCUT2D eigenvalue weighted by atomic mass is 16.3. The van der Waals surface area contributed by atoms with Crippen LogP contribution in [0.1, 0.15) is 29.1 Å². The van der Waals surface area contributed by atoms with Crippen LogP contribution in [-0.2, 0) is 0 Å². The van der Waals surface area contributed by atoms with Gasteiger partial charge < -0.3 is 4.42 Å². The molecule has 3 rings (SSSR count). The van der Waals surface area contributed by atoms with Crippen LogP contribution in [0.5, 0.6) is 0 Å². The minimum Gasteiger partial charge on any atom is -0.465 e. The minimum atomic E-state index is 0.0562. The van der Waals surface area contributed by atoms with E-state index in [0.29, 0.717) is 5.69 Å². The second-order valence-corrected chi connectivity index (χ2v) is 5.60. The van der Waals surface area contributed by atoms with Crippen LogP contribution in [0.2, 0.25) is 0 Å². The van der Waals surface area contributed by atoms with Crippen molar-refractivity contribution in [2.24, 2.45) is 5.92 Å². The number of ketones is 1. The van der Waals surface area contributed by atoms with Gasteiger partial charge in [0.05, 0.1) is 6.26 Å². The van der Waals surface area contributed by atoms with Crippen molar-refractivity contribution >= 4 is 11.9 Å². The molecular formula is C18H20N2O2. The first-order valence-corrected chi connectivity index (χ1v) is 7.70. The summed E-state index contributed by atoms with van der Waals surface area (Å²) < 4.78 is 5.27. The van der Waals surface area contributed by atoms with Crippen LogP contribution in [0.4, 0.5) is 0 Å². The number of nitrogens with zero attached hydrogens (tertiary/aromatic N) is 2. The van der Waals surface area contributed by atoms with E-state index in [1.807, 2.05) is 30.3 Å². The SMILES string of the molecule is O=C(c1ccccn1)C1CCCN(CC=Cc2ccco2)C1. The number of aromatic nitrogens is 1. The number of piperidine rings is 1. The predicted octanol–water partition coefficient (Wildman–Crippen LogP) is 3.28. The summed E-state index contributed by atoms with van der Waals surface area (Å²) in [7, 11) is 0. The molecule has 1 aliphatic rings. The Labute approximate surface area is 130 Å². The number of rotatable bonds is 5. The first kappa shape index (κ1) is 14.7. The summed E-state index contributed by atoms with van der Waals surface area (Å²) in [5.41, 5.74) is 0.584. The molecule has 0 amide bonds. The van der Waals surface area contributed by atoms with E-state index in [-0.39, 0.29) is 11.7 Å². The van der Waals surface area contributed by atoms with Crippen LogP contribution in [0.25, 0.3) is 6.08 Å². The van der Waals surface area contributed by atoms with Crippen LogP contribution in [0.3, 0.4) is 0 Å². The molecule has 0 saturated carbocycles. The summed E-state index contributed by atoms with van der Waals surface area (Å²) >= 11 is 0. The third-order valence-electron chi connectivity index (χ3n) is 3.98. The highest BCUT2D eigenvalue weighted by Crippen LogP contribution is 2.20. The number of Topliss-reactive ketones (excluding diaryl/α,β-unsaturated/α-hetero) is 1. The molecule has 0 N–H and O–H groups in total. The fraction of sp³-hybridized carbons (Fsp3) is 0.333. The molecule has 1 atom stereocenters. The third kappa shape index (κ3) is 3.71. The Balaban J connectivity index is 1.56. The molecule has 0 aliphatic carbocycles. The van der Waals surface area contributed by atoms with Gasteiger partial charge in [-0.05, 0) is 49.7 Å². The molecule has 1 aliphatic heterocycles. The van der Waals surface area contributed by atoms with E-state index in [1.54, 1.807) is 18.5 Å². The van der Waals surface area contributed by atoms with E-state index < -0.39 is 0 Å². The summed E-state index contributed by atoms with van der Waals surface area (Å²) in [6.45, 7) is 2.68. The third-order valence-corrected chi connectivity index (χ3v) is 3.98. The summed E-state index contributed by atoms with van der Waals surface area (Å²) in [5, 5.41) is 0. The minimum absolute atomic E-state index is 0.0562. The average molecular weight is 296 g/mol. The number of furan rings is 1. The second kappa shape index (κ2) is 7.18. The first-order valence-electron chi connectivity index (χ1n) is 7.70. The van der Waals surface area contributed by atoms with E-state index in [9.17, 15) is 4.79 Å². The summed E-state index contributed by atoms with van der Waals surface area (Å²) in [5.74, 6) is 1.08. The highest BCUT2D eigenvalue weighted by Gasteiger charge is 2.26. The molecule has 1 fully saturated rings. The van der Waals surface area contributed by atoms with Crippen LogP contribution in [0, 0.1) is 5.92 Å². The van der Waals surface area contributed by atoms with E-state index >= 15 is 0 Å². The normalized spacial score (nSPS) is 19.5. The smallest absolute Gasteiger partial charge is 0.185 e. The van der Waals surface area contributed by atoms with Crippen molar-refractivity contribution in [3.8, 4) is 0 Å².